The number of piperidine rings is 1. The van der Waals surface area contributed by atoms with Crippen molar-refractivity contribution in [2.75, 3.05) is 39.2 Å². The molecule has 0 saturated carbocycles. The summed E-state index contributed by atoms with van der Waals surface area (Å²) in [6.07, 6.45) is 2.30. The van der Waals surface area contributed by atoms with E-state index >= 15 is 0 Å². The van der Waals surface area contributed by atoms with Crippen molar-refractivity contribution in [1.29, 1.82) is 0 Å². The minimum Gasteiger partial charge on any atom is -0.493 e. The molecular formula is C29H33N3O5. The number of aromatic nitrogens is 1. The number of rotatable bonds is 9. The van der Waals surface area contributed by atoms with Crippen LogP contribution in [0.2, 0.25) is 0 Å². The lowest BCUT2D eigenvalue weighted by Gasteiger charge is -2.31. The van der Waals surface area contributed by atoms with E-state index < -0.39 is 0 Å². The minimum atomic E-state index is -0.207. The number of carbonyl (C=O) groups excluding carboxylic acids is 2. The first-order chi connectivity index (χ1) is 18.0. The molecule has 1 aromatic heterocycles. The van der Waals surface area contributed by atoms with Crippen molar-refractivity contribution in [2.45, 2.75) is 26.2 Å². The van der Waals surface area contributed by atoms with Crippen LogP contribution in [0.3, 0.4) is 0 Å². The van der Waals surface area contributed by atoms with Crippen LogP contribution in [0.15, 0.2) is 60.7 Å². The van der Waals surface area contributed by atoms with E-state index in [1.54, 1.807) is 26.0 Å². The fraction of sp³-hybridized carbons (Fsp3) is 0.345. The molecule has 1 N–H and O–H groups in total. The molecule has 2 amide bonds. The van der Waals surface area contributed by atoms with Crippen molar-refractivity contribution in [2.24, 2.45) is 5.92 Å². The first-order valence-corrected chi connectivity index (χ1v) is 12.4. The van der Waals surface area contributed by atoms with Gasteiger partial charge in [0, 0.05) is 43.8 Å². The molecule has 2 heterocycles. The van der Waals surface area contributed by atoms with E-state index in [0.29, 0.717) is 49.2 Å². The lowest BCUT2D eigenvalue weighted by molar-refractivity contribution is -0.132. The first kappa shape index (κ1) is 26.0. The van der Waals surface area contributed by atoms with Gasteiger partial charge in [0.05, 0.1) is 32.4 Å². The monoisotopic (exact) mass is 503 g/mol. The molecule has 8 heteroatoms. The maximum absolute atomic E-state index is 12.8. The predicted octanol–water partition coefficient (Wildman–Crippen LogP) is 4.58. The maximum Gasteiger partial charge on any atom is 0.229 e. The van der Waals surface area contributed by atoms with Crippen molar-refractivity contribution >= 4 is 17.5 Å². The summed E-state index contributed by atoms with van der Waals surface area (Å²) in [6.45, 7) is 3.18. The smallest absolute Gasteiger partial charge is 0.229 e. The molecule has 3 aromatic rings. The Bertz CT molecular complexity index is 1250. The summed E-state index contributed by atoms with van der Waals surface area (Å²) in [7, 11) is 3.23. The summed E-state index contributed by atoms with van der Waals surface area (Å²) < 4.78 is 16.6. The molecule has 37 heavy (non-hydrogen) atoms. The number of methoxy groups -OCH3 is 2. The molecule has 8 nitrogen and oxygen atoms in total. The molecule has 0 spiro atoms. The first-order valence-electron chi connectivity index (χ1n) is 12.4. The van der Waals surface area contributed by atoms with Crippen LogP contribution in [0, 0.1) is 5.92 Å². The van der Waals surface area contributed by atoms with Gasteiger partial charge in [-0.05, 0) is 48.7 Å². The second-order valence-electron chi connectivity index (χ2n) is 9.02. The SMILES string of the molecule is COc1ccc(CCOc2cccc(-c3cccc(NC(=O)C4CCCN(C(C)=O)C4)c3)n2)cc1OC. The molecule has 1 unspecified atom stereocenters. The van der Waals surface area contributed by atoms with Crippen LogP contribution in [0.25, 0.3) is 11.3 Å². The standard InChI is InChI=1S/C29H33N3O5/c1-20(33)32-15-6-8-23(19-32)29(34)30-24-9-4-7-22(18-24)25-10-5-11-28(31-25)37-16-14-21-12-13-26(35-2)27(17-21)36-3/h4-5,7,9-13,17-18,23H,6,8,14-16,19H2,1-3H3,(H,30,34). The lowest BCUT2D eigenvalue weighted by atomic mass is 9.97. The van der Waals surface area contributed by atoms with Gasteiger partial charge in [-0.1, -0.05) is 24.3 Å². The van der Waals surface area contributed by atoms with Gasteiger partial charge in [0.15, 0.2) is 11.5 Å². The van der Waals surface area contributed by atoms with E-state index in [4.69, 9.17) is 14.2 Å². The Morgan fingerprint density at radius 3 is 2.62 bits per heavy atom. The second-order valence-corrected chi connectivity index (χ2v) is 9.02. The van der Waals surface area contributed by atoms with Crippen molar-refractivity contribution in [3.8, 4) is 28.6 Å². The Morgan fingerprint density at radius 2 is 1.84 bits per heavy atom. The van der Waals surface area contributed by atoms with Gasteiger partial charge in [0.25, 0.3) is 0 Å². The Labute approximate surface area is 217 Å². The van der Waals surface area contributed by atoms with Crippen LogP contribution < -0.4 is 19.5 Å². The number of nitrogens with one attached hydrogen (secondary N) is 1. The number of nitrogens with zero attached hydrogens (tertiary/aromatic N) is 2. The van der Waals surface area contributed by atoms with Crippen LogP contribution in [-0.4, -0.2) is 55.6 Å². The molecule has 4 rings (SSSR count). The van der Waals surface area contributed by atoms with Crippen LogP contribution in [0.5, 0.6) is 17.4 Å². The molecule has 1 saturated heterocycles. The summed E-state index contributed by atoms with van der Waals surface area (Å²) in [4.78, 5) is 31.0. The Kier molecular flexibility index (Phi) is 8.61. The van der Waals surface area contributed by atoms with Gasteiger partial charge in [-0.25, -0.2) is 4.98 Å². The number of hydrogen-bond donors (Lipinski definition) is 1. The summed E-state index contributed by atoms with van der Waals surface area (Å²) in [5.41, 5.74) is 3.39. The zero-order chi connectivity index (χ0) is 26.2. The van der Waals surface area contributed by atoms with E-state index in [2.05, 4.69) is 10.3 Å². The Morgan fingerprint density at radius 1 is 1.03 bits per heavy atom. The van der Waals surface area contributed by atoms with E-state index in [1.165, 1.54) is 0 Å². The van der Waals surface area contributed by atoms with Gasteiger partial charge in [-0.3, -0.25) is 9.59 Å². The third-order valence-electron chi connectivity index (χ3n) is 6.48. The summed E-state index contributed by atoms with van der Waals surface area (Å²) in [5.74, 6) is 1.64. The molecule has 0 bridgehead atoms. The molecule has 1 aliphatic rings. The van der Waals surface area contributed by atoms with Crippen LogP contribution in [0.1, 0.15) is 25.3 Å². The third kappa shape index (κ3) is 6.78. The number of carbonyl (C=O) groups is 2. The largest absolute Gasteiger partial charge is 0.493 e. The topological polar surface area (TPSA) is 90.0 Å². The van der Waals surface area contributed by atoms with E-state index in [1.807, 2.05) is 60.7 Å². The van der Waals surface area contributed by atoms with E-state index in [0.717, 1.165) is 29.7 Å². The highest BCUT2D eigenvalue weighted by Gasteiger charge is 2.27. The van der Waals surface area contributed by atoms with Gasteiger partial charge in [-0.2, -0.15) is 0 Å². The van der Waals surface area contributed by atoms with Crippen molar-refractivity contribution in [3.05, 3.63) is 66.2 Å². The number of hydrogen-bond acceptors (Lipinski definition) is 6. The number of ether oxygens (including phenoxy) is 3. The fourth-order valence-corrected chi connectivity index (χ4v) is 4.44. The quantitative estimate of drug-likeness (QED) is 0.460. The summed E-state index contributed by atoms with van der Waals surface area (Å²) in [6, 6.07) is 19.0. The summed E-state index contributed by atoms with van der Waals surface area (Å²) in [5, 5.41) is 3.01. The second kappa shape index (κ2) is 12.3. The normalized spacial score (nSPS) is 15.1. The van der Waals surface area contributed by atoms with Gasteiger partial charge in [0.1, 0.15) is 0 Å². The number of benzene rings is 2. The molecule has 194 valence electrons. The molecule has 1 aliphatic heterocycles. The van der Waals surface area contributed by atoms with Gasteiger partial charge in [0.2, 0.25) is 17.7 Å². The third-order valence-corrected chi connectivity index (χ3v) is 6.48. The number of anilines is 1. The zero-order valence-corrected chi connectivity index (χ0v) is 21.5. The highest BCUT2D eigenvalue weighted by molar-refractivity contribution is 5.93. The summed E-state index contributed by atoms with van der Waals surface area (Å²) >= 11 is 0. The van der Waals surface area contributed by atoms with Crippen molar-refractivity contribution in [1.82, 2.24) is 9.88 Å². The molecular weight excluding hydrogens is 470 g/mol. The van der Waals surface area contributed by atoms with Crippen LogP contribution in [0.4, 0.5) is 5.69 Å². The van der Waals surface area contributed by atoms with Gasteiger partial charge < -0.3 is 24.4 Å². The molecule has 1 fully saturated rings. The average Bonchev–Trinajstić information content (AvgIpc) is 2.93. The highest BCUT2D eigenvalue weighted by Crippen LogP contribution is 2.28. The zero-order valence-electron chi connectivity index (χ0n) is 21.5. The lowest BCUT2D eigenvalue weighted by Crippen LogP contribution is -2.42. The van der Waals surface area contributed by atoms with Gasteiger partial charge >= 0.3 is 0 Å². The van der Waals surface area contributed by atoms with Gasteiger partial charge in [-0.15, -0.1) is 0 Å². The number of likely N-dealkylation sites (tertiary alicyclic amines) is 1. The number of pyridine rings is 1. The fourth-order valence-electron chi connectivity index (χ4n) is 4.44. The molecule has 0 aliphatic carbocycles. The van der Waals surface area contributed by atoms with Crippen LogP contribution >= 0.6 is 0 Å². The van der Waals surface area contributed by atoms with E-state index in [9.17, 15) is 9.59 Å². The van der Waals surface area contributed by atoms with E-state index in [-0.39, 0.29) is 17.7 Å². The maximum atomic E-state index is 12.8. The van der Waals surface area contributed by atoms with Crippen molar-refractivity contribution in [3.63, 3.8) is 0 Å². The molecule has 0 radical (unpaired) electrons. The number of amides is 2. The predicted molar refractivity (Wildman–Crippen MR) is 142 cm³/mol. The van der Waals surface area contributed by atoms with Crippen LogP contribution in [-0.2, 0) is 16.0 Å². The molecule has 1 atom stereocenters. The Balaban J connectivity index is 1.37. The Hall–Kier alpha value is -4.07. The molecule has 2 aromatic carbocycles. The highest BCUT2D eigenvalue weighted by atomic mass is 16.5. The van der Waals surface area contributed by atoms with Crippen molar-refractivity contribution < 1.29 is 23.8 Å². The average molecular weight is 504 g/mol. The minimum absolute atomic E-state index is 0.0106.